The van der Waals surface area contributed by atoms with Crippen LogP contribution in [0.4, 0.5) is 5.69 Å². The van der Waals surface area contributed by atoms with Crippen LogP contribution in [-0.2, 0) is 4.79 Å². The molecule has 1 aromatic heterocycles. The Labute approximate surface area is 181 Å². The van der Waals surface area contributed by atoms with Crippen molar-refractivity contribution in [3.05, 3.63) is 66.5 Å². The van der Waals surface area contributed by atoms with Gasteiger partial charge in [-0.25, -0.2) is 4.68 Å². The second kappa shape index (κ2) is 9.99. The summed E-state index contributed by atoms with van der Waals surface area (Å²) >= 11 is 0. The average molecular weight is 419 g/mol. The van der Waals surface area contributed by atoms with Gasteiger partial charge in [-0.05, 0) is 65.7 Å². The maximum absolute atomic E-state index is 12.9. The molecule has 2 aromatic carbocycles. The lowest BCUT2D eigenvalue weighted by Gasteiger charge is -2.31. The average Bonchev–Trinajstić information content (AvgIpc) is 3.35. The maximum atomic E-state index is 12.9. The number of methoxy groups -OCH3 is 1. The second-order valence-corrected chi connectivity index (χ2v) is 7.57. The number of aromatic nitrogens is 4. The summed E-state index contributed by atoms with van der Waals surface area (Å²) in [5, 5.41) is 14.2. The lowest BCUT2D eigenvalue weighted by Crippen LogP contribution is -2.40. The van der Waals surface area contributed by atoms with E-state index in [1.807, 2.05) is 48.5 Å². The van der Waals surface area contributed by atoms with E-state index in [0.717, 1.165) is 55.2 Å². The van der Waals surface area contributed by atoms with Crippen molar-refractivity contribution in [1.82, 2.24) is 25.1 Å². The predicted octanol–water partition coefficient (Wildman–Crippen LogP) is 3.03. The zero-order valence-corrected chi connectivity index (χ0v) is 17.5. The van der Waals surface area contributed by atoms with Crippen LogP contribution in [0.2, 0.25) is 0 Å². The van der Waals surface area contributed by atoms with Crippen LogP contribution in [0.5, 0.6) is 5.75 Å². The van der Waals surface area contributed by atoms with Crippen molar-refractivity contribution in [2.75, 3.05) is 32.1 Å². The van der Waals surface area contributed by atoms with Crippen LogP contribution < -0.4 is 10.1 Å². The summed E-state index contributed by atoms with van der Waals surface area (Å²) in [4.78, 5) is 15.2. The van der Waals surface area contributed by atoms with E-state index in [4.69, 9.17) is 4.74 Å². The number of likely N-dealkylation sites (tertiary alicyclic amines) is 1. The Morgan fingerprint density at radius 2 is 2.13 bits per heavy atom. The molecule has 8 nitrogen and oxygen atoms in total. The van der Waals surface area contributed by atoms with Gasteiger partial charge in [0.1, 0.15) is 12.1 Å². The van der Waals surface area contributed by atoms with Crippen molar-refractivity contribution in [1.29, 1.82) is 0 Å². The van der Waals surface area contributed by atoms with Crippen molar-refractivity contribution in [2.24, 2.45) is 5.92 Å². The molecule has 1 aliphatic heterocycles. The Balaban J connectivity index is 1.31. The summed E-state index contributed by atoms with van der Waals surface area (Å²) in [6.07, 6.45) is 7.70. The zero-order chi connectivity index (χ0) is 21.5. The molecule has 1 fully saturated rings. The van der Waals surface area contributed by atoms with Crippen molar-refractivity contribution in [3.8, 4) is 11.4 Å². The Bertz CT molecular complexity index is 1020. The van der Waals surface area contributed by atoms with Crippen LogP contribution in [0.1, 0.15) is 18.4 Å². The van der Waals surface area contributed by atoms with Crippen molar-refractivity contribution < 1.29 is 9.53 Å². The molecule has 1 aliphatic rings. The number of carbonyl (C=O) groups is 1. The summed E-state index contributed by atoms with van der Waals surface area (Å²) in [5.41, 5.74) is 2.68. The Morgan fingerprint density at radius 1 is 1.26 bits per heavy atom. The minimum absolute atomic E-state index is 0.0279. The number of ether oxygens (including phenoxy) is 1. The van der Waals surface area contributed by atoms with E-state index in [9.17, 15) is 4.79 Å². The predicted molar refractivity (Wildman–Crippen MR) is 119 cm³/mol. The highest BCUT2D eigenvalue weighted by atomic mass is 16.5. The first kappa shape index (κ1) is 20.7. The minimum Gasteiger partial charge on any atom is -0.497 e. The number of nitrogens with zero attached hydrogens (tertiary/aromatic N) is 5. The molecule has 0 spiro atoms. The molecule has 0 aliphatic carbocycles. The maximum Gasteiger partial charge on any atom is 0.228 e. The molecular formula is C23H26N6O2. The van der Waals surface area contributed by atoms with E-state index in [1.54, 1.807) is 11.8 Å². The molecule has 0 saturated carbocycles. The Morgan fingerprint density at radius 3 is 2.90 bits per heavy atom. The summed E-state index contributed by atoms with van der Waals surface area (Å²) in [5.74, 6) is 0.878. The van der Waals surface area contributed by atoms with E-state index in [0.29, 0.717) is 0 Å². The number of tetrazole rings is 1. The Kier molecular flexibility index (Phi) is 6.68. The molecule has 31 heavy (non-hydrogen) atoms. The van der Waals surface area contributed by atoms with Gasteiger partial charge in [0.25, 0.3) is 0 Å². The second-order valence-electron chi connectivity index (χ2n) is 7.57. The number of piperidine rings is 1. The van der Waals surface area contributed by atoms with Gasteiger partial charge in [0.15, 0.2) is 0 Å². The highest BCUT2D eigenvalue weighted by Crippen LogP contribution is 2.20. The lowest BCUT2D eigenvalue weighted by atomic mass is 9.97. The SMILES string of the molecule is COc1ccc(/C=C/CN2CCCC(C(=O)Nc3cccc(-n4cnnn4)c3)C2)cc1. The largest absolute Gasteiger partial charge is 0.497 e. The van der Waals surface area contributed by atoms with Gasteiger partial charge >= 0.3 is 0 Å². The van der Waals surface area contributed by atoms with Crippen LogP contribution in [0.15, 0.2) is 60.9 Å². The summed E-state index contributed by atoms with van der Waals surface area (Å²) in [6.45, 7) is 2.58. The molecule has 1 saturated heterocycles. The fourth-order valence-corrected chi connectivity index (χ4v) is 3.74. The number of hydrogen-bond acceptors (Lipinski definition) is 6. The van der Waals surface area contributed by atoms with Gasteiger partial charge in [0, 0.05) is 18.8 Å². The molecule has 1 N–H and O–H groups in total. The summed E-state index contributed by atoms with van der Waals surface area (Å²) in [7, 11) is 1.67. The number of nitrogens with one attached hydrogen (secondary N) is 1. The van der Waals surface area contributed by atoms with E-state index >= 15 is 0 Å². The third-order valence-corrected chi connectivity index (χ3v) is 5.39. The summed E-state index contributed by atoms with van der Waals surface area (Å²) in [6, 6.07) is 15.5. The van der Waals surface area contributed by atoms with Gasteiger partial charge in [0.2, 0.25) is 5.91 Å². The third-order valence-electron chi connectivity index (χ3n) is 5.39. The minimum atomic E-state index is -0.0279. The van der Waals surface area contributed by atoms with E-state index < -0.39 is 0 Å². The molecule has 8 heteroatoms. The van der Waals surface area contributed by atoms with Crippen LogP contribution >= 0.6 is 0 Å². The number of amides is 1. The zero-order valence-electron chi connectivity index (χ0n) is 17.5. The molecular weight excluding hydrogens is 392 g/mol. The number of carbonyl (C=O) groups excluding carboxylic acids is 1. The quantitative estimate of drug-likeness (QED) is 0.635. The number of anilines is 1. The first-order valence-electron chi connectivity index (χ1n) is 10.4. The lowest BCUT2D eigenvalue weighted by molar-refractivity contribution is -0.121. The van der Waals surface area contributed by atoms with Crippen LogP contribution in [0.25, 0.3) is 11.8 Å². The normalized spacial score (nSPS) is 17.0. The standard InChI is InChI=1S/C23H26N6O2/c1-31-22-11-9-18(10-12-22)5-3-13-28-14-4-6-19(16-28)23(30)25-20-7-2-8-21(15-20)29-17-24-26-27-29/h2-3,5,7-12,15,17,19H,4,6,13-14,16H2,1H3,(H,25,30)/b5-3+. The van der Waals surface area contributed by atoms with Gasteiger partial charge in [-0.1, -0.05) is 30.4 Å². The van der Waals surface area contributed by atoms with Crippen molar-refractivity contribution in [2.45, 2.75) is 12.8 Å². The highest BCUT2D eigenvalue weighted by molar-refractivity contribution is 5.93. The van der Waals surface area contributed by atoms with Crippen LogP contribution in [0, 0.1) is 5.92 Å². The fraction of sp³-hybridized carbons (Fsp3) is 0.304. The number of benzene rings is 2. The van der Waals surface area contributed by atoms with Crippen molar-refractivity contribution in [3.63, 3.8) is 0 Å². The molecule has 1 amide bonds. The van der Waals surface area contributed by atoms with E-state index in [2.05, 4.69) is 37.9 Å². The molecule has 1 unspecified atom stereocenters. The van der Waals surface area contributed by atoms with Gasteiger partial charge in [-0.3, -0.25) is 9.69 Å². The van der Waals surface area contributed by atoms with Gasteiger partial charge in [-0.15, -0.1) is 5.10 Å². The van der Waals surface area contributed by atoms with Gasteiger partial charge < -0.3 is 10.1 Å². The summed E-state index contributed by atoms with van der Waals surface area (Å²) < 4.78 is 6.75. The van der Waals surface area contributed by atoms with Gasteiger partial charge in [0.05, 0.1) is 18.7 Å². The molecule has 1 atom stereocenters. The van der Waals surface area contributed by atoms with E-state index in [-0.39, 0.29) is 11.8 Å². The first-order valence-corrected chi connectivity index (χ1v) is 10.4. The molecule has 0 bridgehead atoms. The van der Waals surface area contributed by atoms with Crippen molar-refractivity contribution >= 4 is 17.7 Å². The molecule has 2 heterocycles. The fourth-order valence-electron chi connectivity index (χ4n) is 3.74. The number of rotatable bonds is 7. The van der Waals surface area contributed by atoms with Crippen LogP contribution in [0.3, 0.4) is 0 Å². The van der Waals surface area contributed by atoms with Gasteiger partial charge in [-0.2, -0.15) is 0 Å². The number of hydrogen-bond donors (Lipinski definition) is 1. The first-order chi connectivity index (χ1) is 15.2. The Hall–Kier alpha value is -3.52. The van der Waals surface area contributed by atoms with Crippen LogP contribution in [-0.4, -0.2) is 57.8 Å². The molecule has 4 rings (SSSR count). The molecule has 3 aromatic rings. The monoisotopic (exact) mass is 418 g/mol. The van der Waals surface area contributed by atoms with E-state index in [1.165, 1.54) is 6.33 Å². The third kappa shape index (κ3) is 5.55. The topological polar surface area (TPSA) is 85.2 Å². The smallest absolute Gasteiger partial charge is 0.228 e. The molecule has 0 radical (unpaired) electrons. The molecule has 160 valence electrons. The highest BCUT2D eigenvalue weighted by Gasteiger charge is 2.25.